The monoisotopic (exact) mass is 395 g/mol. The van der Waals surface area contributed by atoms with Crippen molar-refractivity contribution in [2.45, 2.75) is 52.6 Å². The lowest BCUT2D eigenvalue weighted by atomic mass is 9.83. The van der Waals surface area contributed by atoms with E-state index in [0.717, 1.165) is 36.3 Å². The summed E-state index contributed by atoms with van der Waals surface area (Å²) in [5, 5.41) is 0. The lowest BCUT2D eigenvalue weighted by Crippen LogP contribution is -2.46. The van der Waals surface area contributed by atoms with Crippen LogP contribution in [0.4, 0.5) is 5.69 Å². The highest BCUT2D eigenvalue weighted by molar-refractivity contribution is 6.07. The molecule has 2 aliphatic rings. The smallest absolute Gasteiger partial charge is 0.264 e. The number of anilines is 1. The van der Waals surface area contributed by atoms with Crippen LogP contribution < -0.4 is 9.64 Å². The van der Waals surface area contributed by atoms with Crippen LogP contribution in [0.3, 0.4) is 0 Å². The summed E-state index contributed by atoms with van der Waals surface area (Å²) in [6.45, 7) is 9.53. The molecule has 0 fully saturated rings. The summed E-state index contributed by atoms with van der Waals surface area (Å²) in [6, 6.07) is 5.87. The number of allylic oxidation sites excluding steroid dienone is 3. The maximum Gasteiger partial charge on any atom is 0.264 e. The Hall–Kier alpha value is -2.33. The minimum Gasteiger partial charge on any atom is -0.497 e. The number of carbonyl (C=O) groups is 1. The number of hydrogen-bond donors (Lipinski definition) is 0. The molecule has 0 bridgehead atoms. The molecule has 156 valence electrons. The summed E-state index contributed by atoms with van der Waals surface area (Å²) < 4.78 is 11.7. The SMILES string of the molecule is COc1ccc2c(c1)[C@@]1(OCCC=C[C@@H]1C)C(=O)N2CC=C(C)CCC=C(C)C. The summed E-state index contributed by atoms with van der Waals surface area (Å²) in [5.41, 5.74) is 3.49. The van der Waals surface area contributed by atoms with Gasteiger partial charge in [-0.25, -0.2) is 0 Å². The summed E-state index contributed by atoms with van der Waals surface area (Å²) in [5.74, 6) is 0.722. The number of hydrogen-bond acceptors (Lipinski definition) is 3. The van der Waals surface area contributed by atoms with Gasteiger partial charge in [-0.15, -0.1) is 0 Å². The summed E-state index contributed by atoms with van der Waals surface area (Å²) in [6.07, 6.45) is 11.5. The lowest BCUT2D eigenvalue weighted by Gasteiger charge is -2.32. The molecular weight excluding hydrogens is 362 g/mol. The number of benzene rings is 1. The highest BCUT2D eigenvalue weighted by atomic mass is 16.5. The van der Waals surface area contributed by atoms with Gasteiger partial charge in [0.25, 0.3) is 5.91 Å². The van der Waals surface area contributed by atoms with Gasteiger partial charge in [0.15, 0.2) is 5.60 Å². The van der Waals surface area contributed by atoms with Crippen LogP contribution in [-0.2, 0) is 15.1 Å². The lowest BCUT2D eigenvalue weighted by molar-refractivity contribution is -0.148. The molecule has 2 heterocycles. The second-order valence-electron chi connectivity index (χ2n) is 8.26. The van der Waals surface area contributed by atoms with Crippen LogP contribution >= 0.6 is 0 Å². The predicted octanol–water partition coefficient (Wildman–Crippen LogP) is 5.54. The molecule has 2 atom stereocenters. The van der Waals surface area contributed by atoms with Crippen molar-refractivity contribution in [3.8, 4) is 5.75 Å². The third-order valence-electron chi connectivity index (χ3n) is 5.85. The zero-order valence-electron chi connectivity index (χ0n) is 18.3. The molecule has 0 saturated heterocycles. The Kier molecular flexibility index (Phi) is 6.63. The van der Waals surface area contributed by atoms with E-state index in [0.29, 0.717) is 13.2 Å². The number of carbonyl (C=O) groups excluding carboxylic acids is 1. The van der Waals surface area contributed by atoms with Crippen molar-refractivity contribution in [3.05, 3.63) is 59.2 Å². The molecule has 0 radical (unpaired) electrons. The second kappa shape index (κ2) is 9.00. The fraction of sp³-hybridized carbons (Fsp3) is 0.480. The largest absolute Gasteiger partial charge is 0.497 e. The first-order valence-electron chi connectivity index (χ1n) is 10.5. The van der Waals surface area contributed by atoms with Crippen LogP contribution in [-0.4, -0.2) is 26.2 Å². The molecule has 2 aliphatic heterocycles. The van der Waals surface area contributed by atoms with E-state index in [1.54, 1.807) is 7.11 Å². The van der Waals surface area contributed by atoms with Crippen LogP contribution in [0.2, 0.25) is 0 Å². The number of amides is 1. The van der Waals surface area contributed by atoms with Gasteiger partial charge < -0.3 is 14.4 Å². The maximum absolute atomic E-state index is 13.7. The number of ether oxygens (including phenoxy) is 2. The average Bonchev–Trinajstić information content (AvgIpc) is 2.80. The summed E-state index contributed by atoms with van der Waals surface area (Å²) in [4.78, 5) is 15.6. The fourth-order valence-corrected chi connectivity index (χ4v) is 4.15. The first-order valence-corrected chi connectivity index (χ1v) is 10.5. The van der Waals surface area contributed by atoms with Crippen LogP contribution in [0.5, 0.6) is 5.75 Å². The van der Waals surface area contributed by atoms with Crippen LogP contribution in [0.15, 0.2) is 53.6 Å². The van der Waals surface area contributed by atoms with Gasteiger partial charge in [0.05, 0.1) is 19.4 Å². The van der Waals surface area contributed by atoms with Crippen LogP contribution in [0.1, 0.15) is 52.5 Å². The van der Waals surface area contributed by atoms with Gasteiger partial charge in [0, 0.05) is 18.0 Å². The molecule has 1 aromatic rings. The predicted molar refractivity (Wildman–Crippen MR) is 118 cm³/mol. The van der Waals surface area contributed by atoms with E-state index in [4.69, 9.17) is 9.47 Å². The molecule has 4 nitrogen and oxygen atoms in total. The first-order chi connectivity index (χ1) is 13.9. The van der Waals surface area contributed by atoms with Gasteiger partial charge in [-0.3, -0.25) is 4.79 Å². The van der Waals surface area contributed by atoms with Gasteiger partial charge >= 0.3 is 0 Å². The van der Waals surface area contributed by atoms with Crippen molar-refractivity contribution in [3.63, 3.8) is 0 Å². The summed E-state index contributed by atoms with van der Waals surface area (Å²) in [7, 11) is 1.65. The molecule has 29 heavy (non-hydrogen) atoms. The molecular formula is C25H33NO3. The van der Waals surface area contributed by atoms with Crippen molar-refractivity contribution in [1.82, 2.24) is 0 Å². The highest BCUT2D eigenvalue weighted by Gasteiger charge is 2.55. The van der Waals surface area contributed by atoms with E-state index in [-0.39, 0.29) is 11.8 Å². The van der Waals surface area contributed by atoms with E-state index >= 15 is 0 Å². The van der Waals surface area contributed by atoms with Gasteiger partial charge in [-0.1, -0.05) is 42.4 Å². The fourth-order valence-electron chi connectivity index (χ4n) is 4.15. The van der Waals surface area contributed by atoms with Crippen molar-refractivity contribution < 1.29 is 14.3 Å². The Morgan fingerprint density at radius 2 is 2.10 bits per heavy atom. The minimum atomic E-state index is -0.972. The van der Waals surface area contributed by atoms with Crippen molar-refractivity contribution >= 4 is 11.6 Å². The van der Waals surface area contributed by atoms with Gasteiger partial charge in [0.2, 0.25) is 0 Å². The quantitative estimate of drug-likeness (QED) is 0.594. The van der Waals surface area contributed by atoms with E-state index in [2.05, 4.69) is 52.0 Å². The highest BCUT2D eigenvalue weighted by Crippen LogP contribution is 2.49. The van der Waals surface area contributed by atoms with Crippen molar-refractivity contribution in [2.75, 3.05) is 25.2 Å². The third kappa shape index (κ3) is 4.18. The Bertz CT molecular complexity index is 848. The Morgan fingerprint density at radius 1 is 1.31 bits per heavy atom. The third-order valence-corrected chi connectivity index (χ3v) is 5.85. The molecule has 1 amide bonds. The first kappa shape index (κ1) is 21.4. The molecule has 4 heteroatoms. The van der Waals surface area contributed by atoms with Crippen molar-refractivity contribution in [2.24, 2.45) is 5.92 Å². The van der Waals surface area contributed by atoms with Gasteiger partial charge in [-0.2, -0.15) is 0 Å². The van der Waals surface area contributed by atoms with Crippen LogP contribution in [0.25, 0.3) is 0 Å². The summed E-state index contributed by atoms with van der Waals surface area (Å²) >= 11 is 0. The van der Waals surface area contributed by atoms with E-state index in [1.807, 2.05) is 23.1 Å². The molecule has 0 unspecified atom stereocenters. The molecule has 3 rings (SSSR count). The Balaban J connectivity index is 1.93. The molecule has 1 spiro atoms. The zero-order chi connectivity index (χ0) is 21.0. The normalized spacial score (nSPS) is 23.9. The van der Waals surface area contributed by atoms with Gasteiger partial charge in [-0.05, 0) is 58.2 Å². The zero-order valence-corrected chi connectivity index (χ0v) is 18.3. The van der Waals surface area contributed by atoms with E-state index < -0.39 is 5.60 Å². The Labute approximate surface area is 174 Å². The maximum atomic E-state index is 13.7. The number of nitrogens with zero attached hydrogens (tertiary/aromatic N) is 1. The standard InChI is InChI=1S/C25H33NO3/c1-18(2)9-8-10-19(3)14-15-26-23-13-12-21(28-5)17-22(23)25(24(26)27)20(4)11-6-7-16-29-25/h6,9,11-14,17,20H,7-8,10,15-16H2,1-5H3/t20-,25+/m0/s1. The van der Waals surface area contributed by atoms with E-state index in [1.165, 1.54) is 11.1 Å². The molecule has 0 N–H and O–H groups in total. The Morgan fingerprint density at radius 3 is 2.83 bits per heavy atom. The second-order valence-corrected chi connectivity index (χ2v) is 8.26. The van der Waals surface area contributed by atoms with E-state index in [9.17, 15) is 4.79 Å². The number of methoxy groups -OCH3 is 1. The minimum absolute atomic E-state index is 0.0214. The molecule has 0 aliphatic carbocycles. The van der Waals surface area contributed by atoms with Gasteiger partial charge in [0.1, 0.15) is 5.75 Å². The number of rotatable bonds is 6. The topological polar surface area (TPSA) is 38.8 Å². The molecule has 0 saturated carbocycles. The van der Waals surface area contributed by atoms with Crippen LogP contribution in [0, 0.1) is 5.92 Å². The average molecular weight is 396 g/mol. The van der Waals surface area contributed by atoms with Crippen molar-refractivity contribution in [1.29, 1.82) is 0 Å². The molecule has 0 aromatic heterocycles. The molecule has 1 aromatic carbocycles. The number of fused-ring (bicyclic) bond motifs is 2.